The Hall–Kier alpha value is -1.57. The predicted molar refractivity (Wildman–Crippen MR) is 98.8 cm³/mol. The van der Waals surface area contributed by atoms with E-state index in [1.807, 2.05) is 12.1 Å². The summed E-state index contributed by atoms with van der Waals surface area (Å²) in [5, 5.41) is 24.6. The first-order valence-electron chi connectivity index (χ1n) is 8.91. The highest BCUT2D eigenvalue weighted by Crippen LogP contribution is 2.63. The lowest BCUT2D eigenvalue weighted by Crippen LogP contribution is -2.80. The fourth-order valence-electron chi connectivity index (χ4n) is 5.83. The second-order valence-electron chi connectivity index (χ2n) is 7.81. The molecule has 1 spiro atoms. The number of benzene rings is 1. The molecule has 0 saturated carbocycles. The number of nitrogens with one attached hydrogen (secondary N) is 1. The Balaban J connectivity index is 1.84. The van der Waals surface area contributed by atoms with Crippen molar-refractivity contribution in [2.75, 3.05) is 18.9 Å². The maximum absolute atomic E-state index is 12.5. The third-order valence-corrected chi connectivity index (χ3v) is 7.31. The van der Waals surface area contributed by atoms with E-state index in [0.29, 0.717) is 5.75 Å². The Morgan fingerprint density at radius 2 is 2.31 bits per heavy atom. The number of nitrogens with zero attached hydrogens (tertiary/aromatic N) is 1. The van der Waals surface area contributed by atoms with Gasteiger partial charge in [-0.2, -0.15) is 0 Å². The molecule has 3 unspecified atom stereocenters. The van der Waals surface area contributed by atoms with E-state index < -0.39 is 23.2 Å². The number of amides is 1. The van der Waals surface area contributed by atoms with Gasteiger partial charge in [0.15, 0.2) is 11.5 Å². The molecule has 0 aromatic heterocycles. The van der Waals surface area contributed by atoms with Crippen LogP contribution in [-0.2, 0) is 16.6 Å². The fraction of sp³-hybridized carbons (Fsp3) is 0.526. The van der Waals surface area contributed by atoms with Crippen LogP contribution in [0.3, 0.4) is 0 Å². The third-order valence-electron chi connectivity index (χ3n) is 6.80. The van der Waals surface area contributed by atoms with Gasteiger partial charge in [-0.25, -0.2) is 0 Å². The topological polar surface area (TPSA) is 82.0 Å². The summed E-state index contributed by atoms with van der Waals surface area (Å²) in [5.74, 6) is 0.468. The summed E-state index contributed by atoms with van der Waals surface area (Å²) in [6, 6.07) is 3.67. The number of phenols is 1. The number of carbonyl (C=O) groups excluding carboxylic acids is 1. The van der Waals surface area contributed by atoms with Gasteiger partial charge >= 0.3 is 0 Å². The minimum Gasteiger partial charge on any atom is -0.504 e. The zero-order chi connectivity index (χ0) is 18.3. The lowest BCUT2D eigenvalue weighted by molar-refractivity contribution is -0.127. The van der Waals surface area contributed by atoms with Crippen molar-refractivity contribution in [2.24, 2.45) is 0 Å². The summed E-state index contributed by atoms with van der Waals surface area (Å²) in [5.41, 5.74) is 0.826. The monoisotopic (exact) mass is 420 g/mol. The summed E-state index contributed by atoms with van der Waals surface area (Å²) in [6.45, 7) is 0.839. The van der Waals surface area contributed by atoms with Crippen molar-refractivity contribution in [3.63, 3.8) is 0 Å². The molecule has 3 N–H and O–H groups in total. The number of rotatable bonds is 2. The number of hydrogen-bond acceptors (Lipinski definition) is 5. The number of phenolic OH excluding ortho intramolecular Hbond substituents is 1. The van der Waals surface area contributed by atoms with Crippen LogP contribution >= 0.6 is 15.9 Å². The van der Waals surface area contributed by atoms with E-state index in [-0.39, 0.29) is 23.0 Å². The number of likely N-dealkylation sites (tertiary alicyclic amines) is 1. The normalized spacial score (nSPS) is 39.3. The third kappa shape index (κ3) is 1.72. The summed E-state index contributed by atoms with van der Waals surface area (Å²) in [6.07, 6.45) is 3.88. The van der Waals surface area contributed by atoms with Gasteiger partial charge in [-0.1, -0.05) is 34.1 Å². The molecule has 1 aromatic carbocycles. The Kier molecular flexibility index (Phi) is 3.34. The number of halogens is 1. The van der Waals surface area contributed by atoms with Gasteiger partial charge in [0.25, 0.3) is 0 Å². The molecule has 5 atom stereocenters. The zero-order valence-corrected chi connectivity index (χ0v) is 16.0. The molecule has 2 bridgehead atoms. The van der Waals surface area contributed by atoms with E-state index in [9.17, 15) is 15.0 Å². The SMILES string of the molecule is CN1CCC23c4c5ccc(O)c4O[C@H]2C(O)C=C[C@@]3(NC(=O)CBr)C1C5. The molecule has 0 radical (unpaired) electrons. The highest BCUT2D eigenvalue weighted by Gasteiger charge is 2.72. The first-order valence-corrected chi connectivity index (χ1v) is 10.0. The number of likely N-dealkylation sites (N-methyl/N-ethyl adjacent to an activating group) is 1. The minimum atomic E-state index is -0.786. The van der Waals surface area contributed by atoms with E-state index in [4.69, 9.17) is 4.74 Å². The van der Waals surface area contributed by atoms with Gasteiger partial charge in [0, 0.05) is 11.6 Å². The first kappa shape index (κ1) is 16.6. The van der Waals surface area contributed by atoms with Crippen LogP contribution in [0, 0.1) is 0 Å². The van der Waals surface area contributed by atoms with Crippen LogP contribution in [0.25, 0.3) is 0 Å². The highest BCUT2D eigenvalue weighted by molar-refractivity contribution is 9.09. The smallest absolute Gasteiger partial charge is 0.231 e. The van der Waals surface area contributed by atoms with Gasteiger partial charge in [0.05, 0.1) is 16.3 Å². The Morgan fingerprint density at radius 3 is 3.08 bits per heavy atom. The molecule has 1 fully saturated rings. The van der Waals surface area contributed by atoms with Gasteiger partial charge in [-0.3, -0.25) is 4.79 Å². The van der Waals surface area contributed by atoms with Crippen LogP contribution in [0.5, 0.6) is 11.5 Å². The zero-order valence-electron chi connectivity index (χ0n) is 14.4. The second kappa shape index (κ2) is 5.24. The van der Waals surface area contributed by atoms with Crippen LogP contribution in [0.15, 0.2) is 24.3 Å². The summed E-state index contributed by atoms with van der Waals surface area (Å²) in [4.78, 5) is 14.8. The van der Waals surface area contributed by atoms with Crippen molar-refractivity contribution < 1.29 is 19.7 Å². The molecule has 1 aromatic rings. The van der Waals surface area contributed by atoms with Crippen molar-refractivity contribution in [3.8, 4) is 11.5 Å². The van der Waals surface area contributed by atoms with Crippen LogP contribution in [0.4, 0.5) is 0 Å². The van der Waals surface area contributed by atoms with Crippen molar-refractivity contribution in [3.05, 3.63) is 35.4 Å². The van der Waals surface area contributed by atoms with Crippen LogP contribution in [0.2, 0.25) is 0 Å². The quantitative estimate of drug-likeness (QED) is 0.487. The van der Waals surface area contributed by atoms with Gasteiger partial charge in [0.1, 0.15) is 12.2 Å². The van der Waals surface area contributed by atoms with Gasteiger partial charge < -0.3 is 25.2 Å². The molecular formula is C19H21BrN2O4. The molecule has 26 heavy (non-hydrogen) atoms. The minimum absolute atomic E-state index is 0.0529. The average molecular weight is 421 g/mol. The van der Waals surface area contributed by atoms with Crippen LogP contribution in [-0.4, -0.2) is 63.7 Å². The largest absolute Gasteiger partial charge is 0.504 e. The van der Waals surface area contributed by atoms with Gasteiger partial charge in [0.2, 0.25) is 5.91 Å². The van der Waals surface area contributed by atoms with E-state index >= 15 is 0 Å². The molecule has 5 rings (SSSR count). The number of aromatic hydroxyl groups is 1. The van der Waals surface area contributed by atoms with E-state index in [2.05, 4.69) is 33.2 Å². The maximum atomic E-state index is 12.5. The highest BCUT2D eigenvalue weighted by atomic mass is 79.9. The molecule has 2 aliphatic heterocycles. The lowest BCUT2D eigenvalue weighted by atomic mass is 9.49. The number of alkyl halides is 1. The number of aliphatic hydroxyl groups is 1. The Labute approximate surface area is 160 Å². The standard InChI is InChI=1S/C19H21BrN2O4/c1-22-7-6-18-15-10-2-3-11(23)16(15)26-17(18)12(24)4-5-19(18,13(22)8-10)21-14(25)9-20/h2-5,12-13,17,23-24H,6-9H2,1H3,(H,21,25)/t12?,13?,17-,18?,19+/m0/s1. The van der Waals surface area contributed by atoms with Crippen LogP contribution < -0.4 is 10.1 Å². The number of aliphatic hydroxyl groups excluding tert-OH is 1. The Bertz CT molecular complexity index is 843. The lowest BCUT2D eigenvalue weighted by Gasteiger charge is -2.63. The molecular weight excluding hydrogens is 400 g/mol. The predicted octanol–water partition coefficient (Wildman–Crippen LogP) is 0.832. The average Bonchev–Trinajstić information content (AvgIpc) is 2.99. The van der Waals surface area contributed by atoms with Gasteiger partial charge in [-0.05, 0) is 38.1 Å². The van der Waals surface area contributed by atoms with Crippen molar-refractivity contribution in [1.29, 1.82) is 0 Å². The molecule has 2 aliphatic carbocycles. The first-order chi connectivity index (χ1) is 12.4. The maximum Gasteiger partial charge on any atom is 0.231 e. The van der Waals surface area contributed by atoms with E-state index in [1.54, 1.807) is 12.1 Å². The molecule has 4 aliphatic rings. The summed E-state index contributed by atoms with van der Waals surface area (Å²) in [7, 11) is 2.08. The van der Waals surface area contributed by atoms with Gasteiger partial charge in [-0.15, -0.1) is 0 Å². The van der Waals surface area contributed by atoms with Crippen molar-refractivity contribution in [1.82, 2.24) is 10.2 Å². The van der Waals surface area contributed by atoms with E-state index in [0.717, 1.165) is 30.5 Å². The molecule has 2 heterocycles. The Morgan fingerprint density at radius 1 is 1.50 bits per heavy atom. The fourth-order valence-corrected chi connectivity index (χ4v) is 5.97. The second-order valence-corrected chi connectivity index (χ2v) is 8.37. The number of hydrogen-bond donors (Lipinski definition) is 3. The number of piperidine rings is 1. The van der Waals surface area contributed by atoms with Crippen LogP contribution in [0.1, 0.15) is 17.5 Å². The van der Waals surface area contributed by atoms with Crippen molar-refractivity contribution >= 4 is 21.8 Å². The molecule has 138 valence electrons. The molecule has 6 nitrogen and oxygen atoms in total. The molecule has 7 heteroatoms. The molecule has 1 saturated heterocycles. The number of ether oxygens (including phenoxy) is 1. The van der Waals surface area contributed by atoms with Crippen molar-refractivity contribution in [2.45, 2.75) is 42.0 Å². The summed E-state index contributed by atoms with van der Waals surface area (Å²) >= 11 is 3.26. The molecule has 1 amide bonds. The number of carbonyl (C=O) groups is 1. The van der Waals surface area contributed by atoms with E-state index in [1.165, 1.54) is 0 Å². The summed E-state index contributed by atoms with van der Waals surface area (Å²) < 4.78 is 6.16.